The number of rotatable bonds is 4. The number of carbonyl (C=O) groups is 1. The van der Waals surface area contributed by atoms with Gasteiger partial charge in [-0.1, -0.05) is 6.07 Å². The van der Waals surface area contributed by atoms with Crippen molar-refractivity contribution >= 4 is 21.7 Å². The van der Waals surface area contributed by atoms with Crippen LogP contribution in [0.1, 0.15) is 52.0 Å². The largest absolute Gasteiger partial charge is 0.310 e. The van der Waals surface area contributed by atoms with E-state index in [2.05, 4.69) is 15.0 Å². The molecular formula is C17H27N3O3S. The molecule has 0 atom stereocenters. The van der Waals surface area contributed by atoms with Crippen LogP contribution < -0.4 is 10.0 Å². The van der Waals surface area contributed by atoms with E-state index in [-0.39, 0.29) is 17.9 Å². The Kier molecular flexibility index (Phi) is 5.65. The second-order valence-corrected chi connectivity index (χ2v) is 9.96. The number of hydrogen-bond donors (Lipinski definition) is 2. The predicted octanol–water partition coefficient (Wildman–Crippen LogP) is 2.61. The van der Waals surface area contributed by atoms with E-state index in [0.717, 1.165) is 5.56 Å². The molecule has 0 aliphatic heterocycles. The molecule has 7 heteroatoms. The van der Waals surface area contributed by atoms with Crippen molar-refractivity contribution in [3.63, 3.8) is 0 Å². The lowest BCUT2D eigenvalue weighted by Crippen LogP contribution is -2.46. The molecule has 0 unspecified atom stereocenters. The van der Waals surface area contributed by atoms with Gasteiger partial charge >= 0.3 is 0 Å². The maximum Gasteiger partial charge on any atom is 0.228 e. The maximum atomic E-state index is 12.3. The number of sulfonamides is 1. The first-order chi connectivity index (χ1) is 11.1. The third-order valence-electron chi connectivity index (χ3n) is 4.39. The molecule has 1 amide bonds. The summed E-state index contributed by atoms with van der Waals surface area (Å²) in [6.45, 7) is 6.99. The zero-order chi connectivity index (χ0) is 18.0. The molecular weight excluding hydrogens is 326 g/mol. The Labute approximate surface area is 144 Å². The molecule has 0 bridgehead atoms. The van der Waals surface area contributed by atoms with Crippen molar-refractivity contribution in [3.05, 3.63) is 23.9 Å². The maximum absolute atomic E-state index is 12.3. The minimum Gasteiger partial charge on any atom is -0.310 e. The fourth-order valence-electron chi connectivity index (χ4n) is 2.64. The quantitative estimate of drug-likeness (QED) is 0.871. The van der Waals surface area contributed by atoms with E-state index in [9.17, 15) is 13.2 Å². The van der Waals surface area contributed by atoms with Crippen molar-refractivity contribution < 1.29 is 13.2 Å². The van der Waals surface area contributed by atoms with Crippen LogP contribution in [0.25, 0.3) is 0 Å². The van der Waals surface area contributed by atoms with Gasteiger partial charge in [-0.05, 0) is 65.0 Å². The van der Waals surface area contributed by atoms with Crippen LogP contribution in [-0.2, 0) is 14.8 Å². The van der Waals surface area contributed by atoms with Gasteiger partial charge in [-0.3, -0.25) is 4.79 Å². The molecule has 0 spiro atoms. The molecule has 1 saturated carbocycles. The summed E-state index contributed by atoms with van der Waals surface area (Å²) >= 11 is 0. The van der Waals surface area contributed by atoms with Crippen molar-refractivity contribution in [1.29, 1.82) is 0 Å². The monoisotopic (exact) mass is 353 g/mol. The minimum absolute atomic E-state index is 0.0384. The Morgan fingerprint density at radius 1 is 1.17 bits per heavy atom. The van der Waals surface area contributed by atoms with Gasteiger partial charge in [0.05, 0.1) is 4.75 Å². The standard InChI is InChI=1S/C17H27N3O3S/c1-12-5-10-15(18-11-12)19-16(21)13-6-8-14(9-7-13)20-24(22,23)17(2,3)4/h5,10-11,13-14,20H,6-9H2,1-4H3,(H,18,19,21)/t13-,14-. The van der Waals surface area contributed by atoms with Gasteiger partial charge in [0.15, 0.2) is 0 Å². The molecule has 134 valence electrons. The van der Waals surface area contributed by atoms with E-state index >= 15 is 0 Å². The molecule has 1 fully saturated rings. The number of aromatic nitrogens is 1. The zero-order valence-corrected chi connectivity index (χ0v) is 15.6. The summed E-state index contributed by atoms with van der Waals surface area (Å²) in [5, 5.41) is 2.84. The van der Waals surface area contributed by atoms with Crippen molar-refractivity contribution in [3.8, 4) is 0 Å². The highest BCUT2D eigenvalue weighted by molar-refractivity contribution is 7.90. The summed E-state index contributed by atoms with van der Waals surface area (Å²) in [7, 11) is -3.35. The van der Waals surface area contributed by atoms with E-state index in [1.54, 1.807) is 33.0 Å². The fourth-order valence-corrected chi connectivity index (χ4v) is 3.67. The third-order valence-corrected chi connectivity index (χ3v) is 6.64. The summed E-state index contributed by atoms with van der Waals surface area (Å²) in [5.74, 6) is 0.424. The van der Waals surface area contributed by atoms with E-state index in [1.807, 2.05) is 13.0 Å². The van der Waals surface area contributed by atoms with Gasteiger partial charge in [0.1, 0.15) is 5.82 Å². The highest BCUT2D eigenvalue weighted by atomic mass is 32.2. The molecule has 0 aromatic carbocycles. The second-order valence-electron chi connectivity index (χ2n) is 7.49. The van der Waals surface area contributed by atoms with Crippen LogP contribution in [0.2, 0.25) is 0 Å². The van der Waals surface area contributed by atoms with Crippen molar-refractivity contribution in [2.24, 2.45) is 5.92 Å². The summed E-state index contributed by atoms with van der Waals surface area (Å²) in [6.07, 6.45) is 4.42. The predicted molar refractivity (Wildman–Crippen MR) is 95.2 cm³/mol. The average molecular weight is 353 g/mol. The first kappa shape index (κ1) is 18.9. The third kappa shape index (κ3) is 4.77. The Bertz CT molecular complexity index is 670. The van der Waals surface area contributed by atoms with Crippen molar-refractivity contribution in [2.45, 2.75) is 64.2 Å². The molecule has 1 heterocycles. The van der Waals surface area contributed by atoms with Gasteiger partial charge in [0.25, 0.3) is 0 Å². The van der Waals surface area contributed by atoms with E-state index in [0.29, 0.717) is 31.5 Å². The SMILES string of the molecule is Cc1ccc(NC(=O)[C@H]2CC[C@H](NS(=O)(=O)C(C)(C)C)CC2)nc1. The lowest BCUT2D eigenvalue weighted by Gasteiger charge is -2.30. The molecule has 6 nitrogen and oxygen atoms in total. The number of carbonyl (C=O) groups excluding carboxylic acids is 1. The van der Waals surface area contributed by atoms with Gasteiger partial charge in [0.2, 0.25) is 15.9 Å². The van der Waals surface area contributed by atoms with Gasteiger partial charge in [-0.25, -0.2) is 18.1 Å². The highest BCUT2D eigenvalue weighted by Crippen LogP contribution is 2.27. The van der Waals surface area contributed by atoms with Crippen LogP contribution in [-0.4, -0.2) is 30.1 Å². The Balaban J connectivity index is 1.86. The van der Waals surface area contributed by atoms with Crippen LogP contribution in [0.4, 0.5) is 5.82 Å². The molecule has 1 aromatic heterocycles. The summed E-state index contributed by atoms with van der Waals surface area (Å²) in [4.78, 5) is 16.5. The zero-order valence-electron chi connectivity index (χ0n) is 14.8. The number of pyridine rings is 1. The molecule has 24 heavy (non-hydrogen) atoms. The number of anilines is 1. The lowest BCUT2D eigenvalue weighted by molar-refractivity contribution is -0.120. The number of nitrogens with one attached hydrogen (secondary N) is 2. The highest BCUT2D eigenvalue weighted by Gasteiger charge is 2.34. The molecule has 1 aliphatic rings. The molecule has 1 aromatic rings. The topological polar surface area (TPSA) is 88.2 Å². The smallest absolute Gasteiger partial charge is 0.228 e. The average Bonchev–Trinajstić information content (AvgIpc) is 2.49. The van der Waals surface area contributed by atoms with Crippen LogP contribution in [0.5, 0.6) is 0 Å². The van der Waals surface area contributed by atoms with Gasteiger partial charge < -0.3 is 5.32 Å². The first-order valence-electron chi connectivity index (χ1n) is 8.34. The van der Waals surface area contributed by atoms with Crippen LogP contribution >= 0.6 is 0 Å². The molecule has 0 radical (unpaired) electrons. The summed E-state index contributed by atoms with van der Waals surface area (Å²) in [5.41, 5.74) is 1.04. The number of amides is 1. The summed E-state index contributed by atoms with van der Waals surface area (Å²) < 4.78 is 26.4. The van der Waals surface area contributed by atoms with E-state index < -0.39 is 14.8 Å². The fraction of sp³-hybridized carbons (Fsp3) is 0.647. The Morgan fingerprint density at radius 3 is 2.29 bits per heavy atom. The van der Waals surface area contributed by atoms with Crippen LogP contribution in [0.15, 0.2) is 18.3 Å². The van der Waals surface area contributed by atoms with E-state index in [1.165, 1.54) is 0 Å². The van der Waals surface area contributed by atoms with Gasteiger partial charge in [-0.2, -0.15) is 0 Å². The molecule has 0 saturated heterocycles. The van der Waals surface area contributed by atoms with Crippen molar-refractivity contribution in [2.75, 3.05) is 5.32 Å². The minimum atomic E-state index is -3.35. The summed E-state index contributed by atoms with van der Waals surface area (Å²) in [6, 6.07) is 3.60. The molecule has 1 aliphatic carbocycles. The van der Waals surface area contributed by atoms with Gasteiger partial charge in [-0.15, -0.1) is 0 Å². The lowest BCUT2D eigenvalue weighted by atomic mass is 9.86. The number of nitrogens with zero attached hydrogens (tertiary/aromatic N) is 1. The normalized spacial score (nSPS) is 22.2. The Morgan fingerprint density at radius 2 is 1.79 bits per heavy atom. The number of hydrogen-bond acceptors (Lipinski definition) is 4. The number of aryl methyl sites for hydroxylation is 1. The molecule has 2 rings (SSSR count). The Hall–Kier alpha value is -1.47. The van der Waals surface area contributed by atoms with Gasteiger partial charge in [0, 0.05) is 18.2 Å². The van der Waals surface area contributed by atoms with E-state index in [4.69, 9.17) is 0 Å². The van der Waals surface area contributed by atoms with Crippen LogP contribution in [0, 0.1) is 12.8 Å². The van der Waals surface area contributed by atoms with Crippen LogP contribution in [0.3, 0.4) is 0 Å². The molecule has 2 N–H and O–H groups in total. The first-order valence-corrected chi connectivity index (χ1v) is 9.82. The second kappa shape index (κ2) is 7.19. The van der Waals surface area contributed by atoms with Crippen molar-refractivity contribution in [1.82, 2.24) is 9.71 Å².